The lowest BCUT2D eigenvalue weighted by Gasteiger charge is -2.06. The third-order valence-corrected chi connectivity index (χ3v) is 1.66. The number of hydrogen-bond donors (Lipinski definition) is 2. The molecule has 1 aliphatic rings. The van der Waals surface area contributed by atoms with Gasteiger partial charge in [-0.3, -0.25) is 0 Å². The van der Waals surface area contributed by atoms with E-state index in [9.17, 15) is 0 Å². The van der Waals surface area contributed by atoms with Gasteiger partial charge in [0.1, 0.15) is 7.85 Å². The maximum absolute atomic E-state index is 9.06. The van der Waals surface area contributed by atoms with E-state index in [1.165, 1.54) is 0 Å². The molecule has 4 heteroatoms. The molecule has 3 nitrogen and oxygen atoms in total. The van der Waals surface area contributed by atoms with E-state index in [-0.39, 0.29) is 24.8 Å². The summed E-state index contributed by atoms with van der Waals surface area (Å²) in [4.78, 5) is 0. The first kappa shape index (κ1) is 7.06. The molecule has 3 atom stereocenters. The fourth-order valence-corrected chi connectivity index (χ4v) is 1.03. The second kappa shape index (κ2) is 2.69. The van der Waals surface area contributed by atoms with Gasteiger partial charge in [0.15, 0.2) is 0 Å². The second-order valence-electron chi connectivity index (χ2n) is 2.45. The van der Waals surface area contributed by atoms with Gasteiger partial charge in [-0.15, -0.1) is 0 Å². The minimum Gasteiger partial charge on any atom is -0.394 e. The number of hydrogen-bond acceptors (Lipinski definition) is 3. The highest BCUT2D eigenvalue weighted by Crippen LogP contribution is 2.16. The topological polar surface area (TPSA) is 49.7 Å². The largest absolute Gasteiger partial charge is 0.394 e. The van der Waals surface area contributed by atoms with Crippen LogP contribution < -0.4 is 0 Å². The average Bonchev–Trinajstić information content (AvgIpc) is 2.13. The zero-order chi connectivity index (χ0) is 6.85. The Balaban J connectivity index is 2.35. The van der Waals surface area contributed by atoms with Crippen LogP contribution in [-0.2, 0) is 4.74 Å². The Kier molecular flexibility index (Phi) is 2.11. The van der Waals surface area contributed by atoms with E-state index in [1.54, 1.807) is 7.85 Å². The molecule has 1 fully saturated rings. The number of rotatable bonds is 1. The number of aliphatic hydroxyl groups excluding tert-OH is 2. The van der Waals surface area contributed by atoms with E-state index < -0.39 is 0 Å². The van der Waals surface area contributed by atoms with Crippen molar-refractivity contribution in [3.63, 3.8) is 0 Å². The van der Waals surface area contributed by atoms with Crippen molar-refractivity contribution in [2.24, 2.45) is 0 Å². The molecule has 0 aromatic heterocycles. The predicted octanol–water partition coefficient (Wildman–Crippen LogP) is -1.91. The van der Waals surface area contributed by atoms with Crippen molar-refractivity contribution < 1.29 is 14.9 Å². The molecule has 1 rings (SSSR count). The van der Waals surface area contributed by atoms with Crippen molar-refractivity contribution >= 4 is 7.85 Å². The van der Waals surface area contributed by atoms with Gasteiger partial charge in [0.25, 0.3) is 0 Å². The van der Waals surface area contributed by atoms with Crippen molar-refractivity contribution in [3.8, 4) is 0 Å². The molecule has 1 saturated heterocycles. The number of ether oxygens (including phenoxy) is 1. The highest BCUT2D eigenvalue weighted by atomic mass is 16.5. The highest BCUT2D eigenvalue weighted by molar-refractivity contribution is 6.11. The summed E-state index contributed by atoms with van der Waals surface area (Å²) in [6, 6.07) is -0.109. The van der Waals surface area contributed by atoms with E-state index in [0.717, 1.165) is 0 Å². The van der Waals surface area contributed by atoms with Gasteiger partial charge in [0.2, 0.25) is 0 Å². The predicted molar refractivity (Wildman–Crippen MR) is 34.9 cm³/mol. The van der Waals surface area contributed by atoms with E-state index in [1.807, 2.05) is 0 Å². The molecule has 52 valence electrons. The van der Waals surface area contributed by atoms with Crippen LogP contribution in [0.4, 0.5) is 0 Å². The molecule has 1 heterocycles. The maximum Gasteiger partial charge on any atom is 0.142 e. The first-order valence-corrected chi connectivity index (χ1v) is 3.18. The number of aliphatic hydroxyl groups is 2. The minimum absolute atomic E-state index is 0.0153. The van der Waals surface area contributed by atoms with Gasteiger partial charge in [0, 0.05) is 6.42 Å². The van der Waals surface area contributed by atoms with Crippen LogP contribution in [0, 0.1) is 0 Å². The van der Waals surface area contributed by atoms with Crippen molar-refractivity contribution in [1.82, 2.24) is 0 Å². The molecule has 0 aliphatic carbocycles. The van der Waals surface area contributed by atoms with Crippen molar-refractivity contribution in [1.29, 1.82) is 0 Å². The van der Waals surface area contributed by atoms with E-state index in [2.05, 4.69) is 0 Å². The maximum atomic E-state index is 9.06. The summed E-state index contributed by atoms with van der Waals surface area (Å²) < 4.78 is 5.12. The molecule has 0 aromatic carbocycles. The normalized spacial score (nSPS) is 43.6. The fourth-order valence-electron chi connectivity index (χ4n) is 1.03. The Morgan fingerprint density at radius 2 is 2.33 bits per heavy atom. The smallest absolute Gasteiger partial charge is 0.142 e. The molecule has 0 radical (unpaired) electrons. The van der Waals surface area contributed by atoms with Gasteiger partial charge in [-0.25, -0.2) is 0 Å². The highest BCUT2D eigenvalue weighted by Gasteiger charge is 2.29. The van der Waals surface area contributed by atoms with Gasteiger partial charge in [0.05, 0.1) is 24.8 Å². The van der Waals surface area contributed by atoms with Crippen molar-refractivity contribution in [2.45, 2.75) is 24.6 Å². The van der Waals surface area contributed by atoms with E-state index in [0.29, 0.717) is 6.42 Å². The summed E-state index contributed by atoms with van der Waals surface area (Å²) in [5.74, 6) is 0. The average molecular weight is 130 g/mol. The minimum atomic E-state index is -0.387. The zero-order valence-corrected chi connectivity index (χ0v) is 5.45. The van der Waals surface area contributed by atoms with E-state index >= 15 is 0 Å². The zero-order valence-electron chi connectivity index (χ0n) is 5.45. The lowest BCUT2D eigenvalue weighted by atomic mass is 9.95. The van der Waals surface area contributed by atoms with E-state index in [4.69, 9.17) is 14.9 Å². The first-order chi connectivity index (χ1) is 4.24. The summed E-state index contributed by atoms with van der Waals surface area (Å²) in [5.41, 5.74) is 0. The molecule has 9 heavy (non-hydrogen) atoms. The Morgan fingerprint density at radius 1 is 1.67 bits per heavy atom. The van der Waals surface area contributed by atoms with Crippen LogP contribution in [0.1, 0.15) is 6.42 Å². The molecule has 1 aliphatic heterocycles. The summed E-state index contributed by atoms with van der Waals surface area (Å²) in [5, 5.41) is 17.6. The Hall–Kier alpha value is -0.0551. The SMILES string of the molecule is BC1OC(CO)CC1O. The first-order valence-electron chi connectivity index (χ1n) is 3.18. The van der Waals surface area contributed by atoms with Gasteiger partial charge in [-0.05, 0) is 0 Å². The molecule has 2 N–H and O–H groups in total. The molecular formula is C5H11BO3. The van der Waals surface area contributed by atoms with Crippen LogP contribution in [0.3, 0.4) is 0 Å². The summed E-state index contributed by atoms with van der Waals surface area (Å²) >= 11 is 0. The van der Waals surface area contributed by atoms with Crippen LogP contribution in [0.2, 0.25) is 0 Å². The van der Waals surface area contributed by atoms with Crippen LogP contribution in [0.25, 0.3) is 0 Å². The molecule has 0 spiro atoms. The molecule has 0 aromatic rings. The van der Waals surface area contributed by atoms with Gasteiger partial charge in [-0.1, -0.05) is 0 Å². The second-order valence-corrected chi connectivity index (χ2v) is 2.45. The van der Waals surface area contributed by atoms with Crippen LogP contribution in [0.5, 0.6) is 0 Å². The summed E-state index contributed by atoms with van der Waals surface area (Å²) in [6.07, 6.45) is 0.0367. The van der Waals surface area contributed by atoms with Crippen molar-refractivity contribution in [2.75, 3.05) is 6.61 Å². The fraction of sp³-hybridized carbons (Fsp3) is 1.00. The van der Waals surface area contributed by atoms with Gasteiger partial charge >= 0.3 is 0 Å². The third-order valence-electron chi connectivity index (χ3n) is 1.66. The lowest BCUT2D eigenvalue weighted by molar-refractivity contribution is 0.0307. The van der Waals surface area contributed by atoms with Gasteiger partial charge < -0.3 is 14.9 Å². The molecule has 0 bridgehead atoms. The summed E-state index contributed by atoms with van der Waals surface area (Å²) in [6.45, 7) is 0.0153. The molecule has 0 saturated carbocycles. The van der Waals surface area contributed by atoms with Crippen LogP contribution in [0.15, 0.2) is 0 Å². The van der Waals surface area contributed by atoms with Gasteiger partial charge in [-0.2, -0.15) is 0 Å². The lowest BCUT2D eigenvalue weighted by Crippen LogP contribution is -2.20. The Labute approximate surface area is 55.0 Å². The molecule has 3 unspecified atom stereocenters. The third kappa shape index (κ3) is 1.44. The van der Waals surface area contributed by atoms with Crippen LogP contribution >= 0.6 is 0 Å². The standard InChI is InChI=1S/C5H11BO3/c6-5-4(8)1-3(2-7)9-5/h3-5,7-8H,1-2,6H2. The molecular weight excluding hydrogens is 119 g/mol. The van der Waals surface area contributed by atoms with Crippen molar-refractivity contribution in [3.05, 3.63) is 0 Å². The summed E-state index contributed by atoms with van der Waals surface area (Å²) in [7, 11) is 1.81. The monoisotopic (exact) mass is 130 g/mol. The molecule has 0 amide bonds. The van der Waals surface area contributed by atoms with Crippen LogP contribution in [-0.4, -0.2) is 42.9 Å². The Bertz CT molecular complexity index is 88.2. The Morgan fingerprint density at radius 3 is 2.56 bits per heavy atom. The quantitative estimate of drug-likeness (QED) is 0.407.